The van der Waals surface area contributed by atoms with Crippen LogP contribution in [0.15, 0.2) is 24.3 Å². The van der Waals surface area contributed by atoms with Gasteiger partial charge in [0.1, 0.15) is 0 Å². The monoisotopic (exact) mass is 260 g/mol. The molecule has 0 aromatic heterocycles. The van der Waals surface area contributed by atoms with E-state index in [4.69, 9.17) is 0 Å². The van der Waals surface area contributed by atoms with Crippen LogP contribution in [0.5, 0.6) is 0 Å². The highest BCUT2D eigenvalue weighted by molar-refractivity contribution is 5.76. The molecule has 1 aliphatic heterocycles. The van der Waals surface area contributed by atoms with Crippen molar-refractivity contribution in [3.8, 4) is 0 Å². The Kier molecular flexibility index (Phi) is 4.55. The maximum atomic E-state index is 12.1. The highest BCUT2D eigenvalue weighted by atomic mass is 16.2. The Balaban J connectivity index is 1.78. The highest BCUT2D eigenvalue weighted by Gasteiger charge is 2.19. The summed E-state index contributed by atoms with van der Waals surface area (Å²) in [6, 6.07) is 8.30. The highest BCUT2D eigenvalue weighted by Crippen LogP contribution is 2.08. The fourth-order valence-corrected chi connectivity index (χ4v) is 2.24. The minimum absolute atomic E-state index is 0.186. The van der Waals surface area contributed by atoms with Crippen LogP contribution in [0, 0.1) is 6.92 Å². The van der Waals surface area contributed by atoms with Crippen molar-refractivity contribution in [1.29, 1.82) is 0 Å². The predicted molar refractivity (Wildman–Crippen MR) is 73.7 cm³/mol. The topological polar surface area (TPSA) is 40.6 Å². The van der Waals surface area contributed by atoms with Crippen LogP contribution in [0.1, 0.15) is 17.5 Å². The molecule has 1 saturated heterocycles. The third-order valence-corrected chi connectivity index (χ3v) is 3.56. The summed E-state index contributed by atoms with van der Waals surface area (Å²) in [6.45, 7) is 4.68. The molecular weight excluding hydrogens is 240 g/mol. The first kappa shape index (κ1) is 13.6. The van der Waals surface area contributed by atoms with Gasteiger partial charge in [-0.1, -0.05) is 29.8 Å². The number of carbonyl (C=O) groups excluding carboxylic acids is 2. The van der Waals surface area contributed by atoms with Gasteiger partial charge in [-0.15, -0.1) is 0 Å². The number of aryl methyl sites for hydroxylation is 2. The minimum atomic E-state index is 0.186. The van der Waals surface area contributed by atoms with Crippen LogP contribution in [0.2, 0.25) is 0 Å². The van der Waals surface area contributed by atoms with Gasteiger partial charge in [0, 0.05) is 32.6 Å². The lowest BCUT2D eigenvalue weighted by Gasteiger charge is -2.32. The second kappa shape index (κ2) is 6.36. The summed E-state index contributed by atoms with van der Waals surface area (Å²) in [5.41, 5.74) is 2.44. The smallest absolute Gasteiger partial charge is 0.223 e. The van der Waals surface area contributed by atoms with Crippen LogP contribution in [-0.4, -0.2) is 48.3 Å². The number of amides is 2. The lowest BCUT2D eigenvalue weighted by Crippen LogP contribution is -2.48. The molecule has 1 heterocycles. The first-order valence-electron chi connectivity index (χ1n) is 6.72. The molecule has 2 amide bonds. The van der Waals surface area contributed by atoms with E-state index in [1.54, 1.807) is 4.90 Å². The third kappa shape index (κ3) is 3.81. The lowest BCUT2D eigenvalue weighted by molar-refractivity contribution is -0.135. The third-order valence-electron chi connectivity index (χ3n) is 3.56. The predicted octanol–water partition coefficient (Wildman–Crippen LogP) is 1.23. The van der Waals surface area contributed by atoms with Crippen molar-refractivity contribution in [3.05, 3.63) is 35.4 Å². The van der Waals surface area contributed by atoms with E-state index in [0.29, 0.717) is 32.6 Å². The SMILES string of the molecule is Cc1ccc(CCC(=O)N2CCN(C=O)CC2)cc1. The van der Waals surface area contributed by atoms with Gasteiger partial charge in [-0.05, 0) is 18.9 Å². The second-order valence-corrected chi connectivity index (χ2v) is 5.01. The average Bonchev–Trinajstić information content (AvgIpc) is 2.46. The molecule has 0 saturated carbocycles. The van der Waals surface area contributed by atoms with E-state index in [1.807, 2.05) is 4.90 Å². The second-order valence-electron chi connectivity index (χ2n) is 5.01. The molecule has 1 aromatic carbocycles. The molecule has 4 heteroatoms. The largest absolute Gasteiger partial charge is 0.342 e. The van der Waals surface area contributed by atoms with E-state index in [-0.39, 0.29) is 5.91 Å². The number of carbonyl (C=O) groups is 2. The summed E-state index contributed by atoms with van der Waals surface area (Å²) in [7, 11) is 0. The number of nitrogens with zero attached hydrogens (tertiary/aromatic N) is 2. The molecule has 19 heavy (non-hydrogen) atoms. The van der Waals surface area contributed by atoms with Gasteiger partial charge in [0.25, 0.3) is 0 Å². The average molecular weight is 260 g/mol. The van der Waals surface area contributed by atoms with Crippen molar-refractivity contribution >= 4 is 12.3 Å². The van der Waals surface area contributed by atoms with E-state index >= 15 is 0 Å². The van der Waals surface area contributed by atoms with Gasteiger partial charge in [0.05, 0.1) is 0 Å². The van der Waals surface area contributed by atoms with Crippen LogP contribution >= 0.6 is 0 Å². The molecule has 4 nitrogen and oxygen atoms in total. The number of benzene rings is 1. The quantitative estimate of drug-likeness (QED) is 0.764. The molecular formula is C15H20N2O2. The Hall–Kier alpha value is -1.84. The molecule has 1 aliphatic rings. The van der Waals surface area contributed by atoms with Crippen LogP contribution in [0.3, 0.4) is 0 Å². The molecule has 0 radical (unpaired) electrons. The Morgan fingerprint density at radius 3 is 2.37 bits per heavy atom. The van der Waals surface area contributed by atoms with E-state index < -0.39 is 0 Å². The van der Waals surface area contributed by atoms with Gasteiger partial charge in [0.15, 0.2) is 0 Å². The Labute approximate surface area is 114 Å². The van der Waals surface area contributed by atoms with Crippen molar-refractivity contribution in [1.82, 2.24) is 9.80 Å². The van der Waals surface area contributed by atoms with Crippen LogP contribution in [0.25, 0.3) is 0 Å². The van der Waals surface area contributed by atoms with Crippen molar-refractivity contribution in [2.24, 2.45) is 0 Å². The van der Waals surface area contributed by atoms with Gasteiger partial charge in [-0.25, -0.2) is 0 Å². The molecule has 0 bridgehead atoms. The fourth-order valence-electron chi connectivity index (χ4n) is 2.24. The van der Waals surface area contributed by atoms with E-state index in [0.717, 1.165) is 12.8 Å². The van der Waals surface area contributed by atoms with Gasteiger partial charge < -0.3 is 9.80 Å². The summed E-state index contributed by atoms with van der Waals surface area (Å²) >= 11 is 0. The maximum absolute atomic E-state index is 12.1. The molecule has 0 spiro atoms. The van der Waals surface area contributed by atoms with Crippen molar-refractivity contribution in [3.63, 3.8) is 0 Å². The number of rotatable bonds is 4. The molecule has 1 fully saturated rings. The first-order chi connectivity index (χ1) is 9.19. The zero-order valence-electron chi connectivity index (χ0n) is 11.3. The lowest BCUT2D eigenvalue weighted by atomic mass is 10.1. The molecule has 102 valence electrons. The van der Waals surface area contributed by atoms with E-state index in [1.165, 1.54) is 11.1 Å². The molecule has 0 unspecified atom stereocenters. The molecule has 1 aromatic rings. The van der Waals surface area contributed by atoms with Crippen molar-refractivity contribution < 1.29 is 9.59 Å². The zero-order chi connectivity index (χ0) is 13.7. The molecule has 0 atom stereocenters. The summed E-state index contributed by atoms with van der Waals surface area (Å²) in [4.78, 5) is 26.2. The normalized spacial score (nSPS) is 15.4. The summed E-state index contributed by atoms with van der Waals surface area (Å²) in [6.07, 6.45) is 2.19. The Morgan fingerprint density at radius 1 is 1.16 bits per heavy atom. The Morgan fingerprint density at radius 2 is 1.79 bits per heavy atom. The van der Waals surface area contributed by atoms with Crippen LogP contribution < -0.4 is 0 Å². The zero-order valence-corrected chi connectivity index (χ0v) is 11.3. The van der Waals surface area contributed by atoms with Crippen LogP contribution in [0.4, 0.5) is 0 Å². The van der Waals surface area contributed by atoms with Gasteiger partial charge in [-0.2, -0.15) is 0 Å². The minimum Gasteiger partial charge on any atom is -0.342 e. The van der Waals surface area contributed by atoms with Gasteiger partial charge in [-0.3, -0.25) is 9.59 Å². The molecule has 0 aliphatic carbocycles. The van der Waals surface area contributed by atoms with E-state index in [9.17, 15) is 9.59 Å². The maximum Gasteiger partial charge on any atom is 0.223 e. The number of piperazine rings is 1. The fraction of sp³-hybridized carbons (Fsp3) is 0.467. The molecule has 2 rings (SSSR count). The standard InChI is InChI=1S/C15H20N2O2/c1-13-2-4-14(5-3-13)6-7-15(19)17-10-8-16(12-18)9-11-17/h2-5,12H,6-11H2,1H3. The number of hydrogen-bond donors (Lipinski definition) is 0. The van der Waals surface area contributed by atoms with Gasteiger partial charge >= 0.3 is 0 Å². The summed E-state index contributed by atoms with van der Waals surface area (Å²) in [5, 5.41) is 0. The van der Waals surface area contributed by atoms with Crippen LogP contribution in [-0.2, 0) is 16.0 Å². The summed E-state index contributed by atoms with van der Waals surface area (Å²) < 4.78 is 0. The molecule has 0 N–H and O–H groups in total. The van der Waals surface area contributed by atoms with Crippen molar-refractivity contribution in [2.45, 2.75) is 19.8 Å². The van der Waals surface area contributed by atoms with Gasteiger partial charge in [0.2, 0.25) is 12.3 Å². The first-order valence-corrected chi connectivity index (χ1v) is 6.72. The number of hydrogen-bond acceptors (Lipinski definition) is 2. The Bertz CT molecular complexity index is 434. The van der Waals surface area contributed by atoms with Crippen molar-refractivity contribution in [2.75, 3.05) is 26.2 Å². The summed E-state index contributed by atoms with van der Waals surface area (Å²) in [5.74, 6) is 0.186. The van der Waals surface area contributed by atoms with E-state index in [2.05, 4.69) is 31.2 Å².